The molecule has 0 atom stereocenters. The predicted molar refractivity (Wildman–Crippen MR) is 78.6 cm³/mol. The number of hydrogen-bond acceptors (Lipinski definition) is 4. The van der Waals surface area contributed by atoms with Gasteiger partial charge < -0.3 is 9.05 Å². The first kappa shape index (κ1) is 18.6. The Bertz CT molecular complexity index is 331. The number of Topliss-reactive ketones (excluding diaryl/α,β-unsaturated/α-hetero) is 1. The summed E-state index contributed by atoms with van der Waals surface area (Å²) in [6.07, 6.45) is 5.66. The van der Waals surface area contributed by atoms with E-state index in [9.17, 15) is 9.36 Å². The van der Waals surface area contributed by atoms with E-state index in [2.05, 4.69) is 6.08 Å². The quantitative estimate of drug-likeness (QED) is 0.562. The molecule has 1 aliphatic rings. The molecule has 0 radical (unpaired) electrons. The molecule has 0 amide bonds. The van der Waals surface area contributed by atoms with Crippen LogP contribution in [0, 0.1) is 5.92 Å². The second-order valence-electron chi connectivity index (χ2n) is 4.32. The van der Waals surface area contributed by atoms with Gasteiger partial charge in [-0.15, -0.1) is 0 Å². The summed E-state index contributed by atoms with van der Waals surface area (Å²) in [5.74, 6) is 0.0181. The van der Waals surface area contributed by atoms with Crippen molar-refractivity contribution < 1.29 is 18.4 Å². The Morgan fingerprint density at radius 3 is 2.11 bits per heavy atom. The van der Waals surface area contributed by atoms with Gasteiger partial charge in [0.05, 0.1) is 0 Å². The first-order valence-corrected chi connectivity index (χ1v) is 8.64. The fourth-order valence-corrected chi connectivity index (χ4v) is 3.17. The maximum Gasteiger partial charge on any atom is 0.337 e. The Hall–Kier alpha value is -0.440. The highest BCUT2D eigenvalue weighted by molar-refractivity contribution is 7.54. The van der Waals surface area contributed by atoms with Crippen molar-refractivity contribution in [3.8, 4) is 0 Å². The molecule has 1 fully saturated rings. The zero-order valence-electron chi connectivity index (χ0n) is 12.8. The number of carbonyl (C=O) groups excluding carboxylic acids is 1. The summed E-state index contributed by atoms with van der Waals surface area (Å²) >= 11 is 0. The van der Waals surface area contributed by atoms with Gasteiger partial charge in [0.15, 0.2) is 0 Å². The summed E-state index contributed by atoms with van der Waals surface area (Å²) in [4.78, 5) is 12.0. The molecule has 0 aromatic carbocycles. The van der Waals surface area contributed by atoms with Crippen LogP contribution in [0.15, 0.2) is 11.6 Å². The van der Waals surface area contributed by atoms with Gasteiger partial charge in [0.2, 0.25) is 0 Å². The first-order chi connectivity index (χ1) is 9.04. The van der Waals surface area contributed by atoms with Crippen LogP contribution in [-0.2, 0) is 18.4 Å². The first-order valence-electron chi connectivity index (χ1n) is 6.92. The molecule has 19 heavy (non-hydrogen) atoms. The van der Waals surface area contributed by atoms with Crippen molar-refractivity contribution in [1.82, 2.24) is 0 Å². The van der Waals surface area contributed by atoms with Crippen molar-refractivity contribution in [1.29, 1.82) is 0 Å². The number of ketones is 1. The minimum Gasteiger partial charge on any atom is -0.312 e. The maximum absolute atomic E-state index is 12.0. The van der Waals surface area contributed by atoms with E-state index in [0.717, 1.165) is 25.7 Å². The van der Waals surface area contributed by atoms with E-state index in [0.29, 0.717) is 0 Å². The second kappa shape index (κ2) is 9.46. The molecular weight excluding hydrogens is 263 g/mol. The van der Waals surface area contributed by atoms with Gasteiger partial charge in [0.1, 0.15) is 11.9 Å². The Balaban J connectivity index is 0.00000154. The molecule has 112 valence electrons. The van der Waals surface area contributed by atoms with E-state index < -0.39 is 7.60 Å². The lowest BCUT2D eigenvalue weighted by atomic mass is 9.84. The zero-order valence-corrected chi connectivity index (χ0v) is 13.7. The molecule has 0 spiro atoms. The van der Waals surface area contributed by atoms with Crippen LogP contribution >= 0.6 is 7.60 Å². The van der Waals surface area contributed by atoms with E-state index in [1.807, 2.05) is 20.8 Å². The van der Waals surface area contributed by atoms with Crippen LogP contribution in [0.5, 0.6) is 0 Å². The smallest absolute Gasteiger partial charge is 0.312 e. The molecule has 1 rings (SSSR count). The molecule has 4 nitrogen and oxygen atoms in total. The normalized spacial score (nSPS) is 19.4. The van der Waals surface area contributed by atoms with Crippen LogP contribution in [0.1, 0.15) is 46.5 Å². The van der Waals surface area contributed by atoms with Crippen molar-refractivity contribution in [3.63, 3.8) is 0 Å². The molecule has 0 N–H and O–H groups in total. The molecule has 1 saturated carbocycles. The molecule has 0 heterocycles. The molecule has 0 unspecified atom stereocenters. The molecule has 0 aromatic rings. The minimum absolute atomic E-state index is 0.00665. The van der Waals surface area contributed by atoms with Crippen molar-refractivity contribution in [2.24, 2.45) is 5.92 Å². The Morgan fingerprint density at radius 2 is 1.74 bits per heavy atom. The minimum atomic E-state index is -3.19. The second-order valence-corrected chi connectivity index (χ2v) is 6.59. The lowest BCUT2D eigenvalue weighted by Crippen LogP contribution is -2.22. The summed E-state index contributed by atoms with van der Waals surface area (Å²) in [6, 6.07) is 0. The summed E-state index contributed by atoms with van der Waals surface area (Å²) in [5, 5.41) is 0. The number of carbonyl (C=O) groups is 1. The SMILES string of the molecule is CC.CC=C1CCC(C(=O)CP(=O)(OC)OC)CC1. The molecule has 5 heteroatoms. The maximum atomic E-state index is 12.0. The standard InChI is InChI=1S/C12H21O4P.C2H6/c1-4-10-5-7-11(8-6-10)12(13)9-17(14,15-2)16-3;1-2/h4,11H,5-9H2,1-3H3;1-2H3. The van der Waals surface area contributed by atoms with Gasteiger partial charge in [-0.05, 0) is 32.6 Å². The lowest BCUT2D eigenvalue weighted by molar-refractivity contribution is -0.121. The van der Waals surface area contributed by atoms with Gasteiger partial charge in [-0.2, -0.15) is 0 Å². The summed E-state index contributed by atoms with van der Waals surface area (Å²) in [5.41, 5.74) is 1.41. The fourth-order valence-electron chi connectivity index (χ4n) is 2.12. The third kappa shape index (κ3) is 6.03. The molecule has 1 aliphatic carbocycles. The highest BCUT2D eigenvalue weighted by Gasteiger charge is 2.31. The van der Waals surface area contributed by atoms with Gasteiger partial charge in [0.25, 0.3) is 0 Å². The van der Waals surface area contributed by atoms with E-state index in [1.54, 1.807) is 0 Å². The van der Waals surface area contributed by atoms with Gasteiger partial charge in [-0.3, -0.25) is 9.36 Å². The summed E-state index contributed by atoms with van der Waals surface area (Å²) < 4.78 is 21.4. The summed E-state index contributed by atoms with van der Waals surface area (Å²) in [7, 11) is -0.559. The van der Waals surface area contributed by atoms with Gasteiger partial charge in [-0.25, -0.2) is 0 Å². The van der Waals surface area contributed by atoms with Crippen LogP contribution in [0.25, 0.3) is 0 Å². The highest BCUT2D eigenvalue weighted by Crippen LogP contribution is 2.47. The topological polar surface area (TPSA) is 52.6 Å². The van der Waals surface area contributed by atoms with Crippen molar-refractivity contribution in [2.45, 2.75) is 46.5 Å². The van der Waals surface area contributed by atoms with E-state index in [-0.39, 0.29) is 17.9 Å². The largest absolute Gasteiger partial charge is 0.337 e. The van der Waals surface area contributed by atoms with Crippen molar-refractivity contribution in [2.75, 3.05) is 20.4 Å². The molecular formula is C14H27O4P. The van der Waals surface area contributed by atoms with Gasteiger partial charge in [-0.1, -0.05) is 25.5 Å². The van der Waals surface area contributed by atoms with E-state index >= 15 is 0 Å². The van der Waals surface area contributed by atoms with Crippen LogP contribution in [0.2, 0.25) is 0 Å². The zero-order chi connectivity index (χ0) is 14.9. The molecule has 0 bridgehead atoms. The van der Waals surface area contributed by atoms with Crippen LogP contribution in [0.4, 0.5) is 0 Å². The van der Waals surface area contributed by atoms with Gasteiger partial charge >= 0.3 is 7.60 Å². The average Bonchev–Trinajstić information content (AvgIpc) is 2.49. The fraction of sp³-hybridized carbons (Fsp3) is 0.786. The average molecular weight is 290 g/mol. The summed E-state index contributed by atoms with van der Waals surface area (Å²) in [6.45, 7) is 6.03. The molecule has 0 aliphatic heterocycles. The number of allylic oxidation sites excluding steroid dienone is 2. The third-order valence-corrected chi connectivity index (χ3v) is 5.21. The lowest BCUT2D eigenvalue weighted by Gasteiger charge is -2.23. The third-order valence-electron chi connectivity index (χ3n) is 3.40. The predicted octanol–water partition coefficient (Wildman–Crippen LogP) is 4.20. The van der Waals surface area contributed by atoms with E-state index in [1.165, 1.54) is 19.8 Å². The molecule has 0 aromatic heterocycles. The van der Waals surface area contributed by atoms with Crippen molar-refractivity contribution in [3.05, 3.63) is 11.6 Å². The molecule has 0 saturated heterocycles. The van der Waals surface area contributed by atoms with Crippen LogP contribution in [-0.4, -0.2) is 26.2 Å². The number of rotatable bonds is 5. The number of hydrogen-bond donors (Lipinski definition) is 0. The van der Waals surface area contributed by atoms with Gasteiger partial charge in [0, 0.05) is 20.1 Å². The monoisotopic (exact) mass is 290 g/mol. The van der Waals surface area contributed by atoms with Crippen molar-refractivity contribution >= 4 is 13.4 Å². The highest BCUT2D eigenvalue weighted by atomic mass is 31.2. The van der Waals surface area contributed by atoms with E-state index in [4.69, 9.17) is 9.05 Å². The Labute approximate surface area is 117 Å². The Morgan fingerprint density at radius 1 is 1.26 bits per heavy atom. The Kier molecular flexibility index (Phi) is 9.24. The van der Waals surface area contributed by atoms with Crippen LogP contribution in [0.3, 0.4) is 0 Å². The van der Waals surface area contributed by atoms with Crippen LogP contribution < -0.4 is 0 Å².